The fraction of sp³-hybridized carbons (Fsp3) is 0.263. The smallest absolute Gasteiger partial charge is 0.171 e. The van der Waals surface area contributed by atoms with E-state index in [4.69, 9.17) is 22.3 Å². The van der Waals surface area contributed by atoms with Crippen molar-refractivity contribution in [3.63, 3.8) is 0 Å². The number of nitrogen functional groups attached to an aromatic ring is 1. The first-order chi connectivity index (χ1) is 11.6. The molecule has 0 saturated carbocycles. The highest BCUT2D eigenvalue weighted by Crippen LogP contribution is 2.43. The number of fused-ring (bicyclic) bond motifs is 2. The van der Waals surface area contributed by atoms with Crippen molar-refractivity contribution in [1.82, 2.24) is 4.98 Å². The molecule has 0 fully saturated rings. The number of carbonyl (C=O) groups excluding carboxylic acids is 1. The second-order valence-corrected chi connectivity index (χ2v) is 7.64. The van der Waals surface area contributed by atoms with Crippen LogP contribution in [-0.2, 0) is 12.8 Å². The lowest BCUT2D eigenvalue weighted by atomic mass is 9.87. The molecule has 0 unspecified atom stereocenters. The summed E-state index contributed by atoms with van der Waals surface area (Å²) in [5.74, 6) is -0.00414. The van der Waals surface area contributed by atoms with Crippen LogP contribution in [0.25, 0.3) is 21.3 Å². The summed E-state index contributed by atoms with van der Waals surface area (Å²) in [6, 6.07) is 7.84. The molecule has 0 amide bonds. The van der Waals surface area contributed by atoms with Crippen molar-refractivity contribution in [2.24, 2.45) is 0 Å². The van der Waals surface area contributed by atoms with E-state index in [9.17, 15) is 4.79 Å². The van der Waals surface area contributed by atoms with E-state index in [0.29, 0.717) is 15.6 Å². The van der Waals surface area contributed by atoms with Gasteiger partial charge in [0.1, 0.15) is 4.83 Å². The minimum absolute atomic E-state index is 0.00414. The third-order valence-electron chi connectivity index (χ3n) is 4.61. The number of anilines is 1. The van der Waals surface area contributed by atoms with Crippen molar-refractivity contribution in [2.75, 3.05) is 5.73 Å². The number of rotatable bonds is 2. The largest absolute Gasteiger partial charge is 0.397 e. The second kappa shape index (κ2) is 5.87. The first-order valence-corrected chi connectivity index (χ1v) is 9.26. The molecule has 0 bridgehead atoms. The number of nitrogens with zero attached hydrogens (tertiary/aromatic N) is 1. The highest BCUT2D eigenvalue weighted by Gasteiger charge is 2.24. The molecule has 3 aromatic rings. The Morgan fingerprint density at radius 1 is 1.21 bits per heavy atom. The van der Waals surface area contributed by atoms with E-state index in [1.807, 2.05) is 24.3 Å². The zero-order chi connectivity index (χ0) is 16.8. The van der Waals surface area contributed by atoms with Crippen LogP contribution in [0.2, 0.25) is 5.02 Å². The molecule has 0 radical (unpaired) electrons. The Morgan fingerprint density at radius 2 is 1.92 bits per heavy atom. The van der Waals surface area contributed by atoms with Crippen LogP contribution in [0.4, 0.5) is 5.69 Å². The van der Waals surface area contributed by atoms with Gasteiger partial charge in [-0.05, 0) is 54.5 Å². The summed E-state index contributed by atoms with van der Waals surface area (Å²) in [7, 11) is 0. The van der Waals surface area contributed by atoms with Gasteiger partial charge in [-0.15, -0.1) is 11.3 Å². The van der Waals surface area contributed by atoms with Crippen molar-refractivity contribution in [3.05, 3.63) is 45.4 Å². The number of ketones is 1. The lowest BCUT2D eigenvalue weighted by Gasteiger charge is -2.20. The van der Waals surface area contributed by atoms with E-state index in [2.05, 4.69) is 0 Å². The number of hydrogen-bond acceptors (Lipinski definition) is 4. The average molecular weight is 357 g/mol. The van der Waals surface area contributed by atoms with Gasteiger partial charge in [0.2, 0.25) is 0 Å². The quantitative estimate of drug-likeness (QED) is 0.635. The van der Waals surface area contributed by atoms with Crippen LogP contribution in [-0.4, -0.2) is 10.8 Å². The Bertz CT molecular complexity index is 960. The van der Waals surface area contributed by atoms with Crippen LogP contribution in [0.1, 0.15) is 40.7 Å². The Morgan fingerprint density at radius 3 is 2.62 bits per heavy atom. The van der Waals surface area contributed by atoms with Crippen molar-refractivity contribution < 1.29 is 4.79 Å². The van der Waals surface area contributed by atoms with Crippen molar-refractivity contribution in [3.8, 4) is 11.1 Å². The standard InChI is InChI=1S/C19H17ClN2OS/c1-10(23)18-17(21)16-15(11-6-8-12(20)9-7-11)13-4-2-3-5-14(13)22-19(16)24-18/h6-9H,2-5,21H2,1H3. The number of hydrogen-bond donors (Lipinski definition) is 1. The number of Topliss-reactive ketones (excluding diaryl/α,β-unsaturated/α-hetero) is 1. The third kappa shape index (κ3) is 2.41. The van der Waals surface area contributed by atoms with Crippen molar-refractivity contribution >= 4 is 44.6 Å². The molecule has 4 rings (SSSR count). The molecule has 1 aromatic carbocycles. The predicted octanol–water partition coefficient (Wildman–Crippen LogP) is 5.28. The summed E-state index contributed by atoms with van der Waals surface area (Å²) in [6.45, 7) is 1.56. The Kier molecular flexibility index (Phi) is 3.82. The molecule has 3 nitrogen and oxygen atoms in total. The van der Waals surface area contributed by atoms with Crippen LogP contribution in [0.15, 0.2) is 24.3 Å². The molecule has 2 heterocycles. The van der Waals surface area contributed by atoms with Crippen molar-refractivity contribution in [1.29, 1.82) is 0 Å². The van der Waals surface area contributed by atoms with Crippen LogP contribution in [0, 0.1) is 0 Å². The number of benzene rings is 1. The van der Waals surface area contributed by atoms with Gasteiger partial charge in [0.25, 0.3) is 0 Å². The van der Waals surface area contributed by atoms with Gasteiger partial charge in [-0.2, -0.15) is 0 Å². The summed E-state index contributed by atoms with van der Waals surface area (Å²) >= 11 is 7.46. The molecular weight excluding hydrogens is 340 g/mol. The average Bonchev–Trinajstić information content (AvgIpc) is 2.90. The topological polar surface area (TPSA) is 56.0 Å². The van der Waals surface area contributed by atoms with Gasteiger partial charge in [-0.3, -0.25) is 4.79 Å². The number of thiophene rings is 1. The van der Waals surface area contributed by atoms with E-state index in [-0.39, 0.29) is 5.78 Å². The summed E-state index contributed by atoms with van der Waals surface area (Å²) in [6.07, 6.45) is 4.30. The first kappa shape index (κ1) is 15.6. The predicted molar refractivity (Wildman–Crippen MR) is 101 cm³/mol. The molecule has 0 aliphatic heterocycles. The normalized spacial score (nSPS) is 13.9. The second-order valence-electron chi connectivity index (χ2n) is 6.21. The fourth-order valence-electron chi connectivity index (χ4n) is 3.50. The minimum Gasteiger partial charge on any atom is -0.397 e. The molecule has 24 heavy (non-hydrogen) atoms. The molecule has 1 aliphatic rings. The van der Waals surface area contributed by atoms with E-state index >= 15 is 0 Å². The molecule has 1 aliphatic carbocycles. The van der Waals surface area contributed by atoms with Gasteiger partial charge in [0, 0.05) is 23.0 Å². The number of halogens is 1. The molecular formula is C19H17ClN2OS. The van der Waals surface area contributed by atoms with E-state index < -0.39 is 0 Å². The molecule has 0 atom stereocenters. The maximum Gasteiger partial charge on any atom is 0.171 e. The van der Waals surface area contributed by atoms with Crippen LogP contribution in [0.3, 0.4) is 0 Å². The van der Waals surface area contributed by atoms with Crippen LogP contribution >= 0.6 is 22.9 Å². The Labute approximate surface area is 149 Å². The molecule has 0 saturated heterocycles. The maximum atomic E-state index is 11.9. The summed E-state index contributed by atoms with van der Waals surface area (Å²) in [5, 5.41) is 1.63. The van der Waals surface area contributed by atoms with Gasteiger partial charge in [-0.1, -0.05) is 23.7 Å². The zero-order valence-corrected chi connectivity index (χ0v) is 14.9. The van der Waals surface area contributed by atoms with E-state index in [1.54, 1.807) is 6.92 Å². The van der Waals surface area contributed by atoms with Crippen LogP contribution in [0.5, 0.6) is 0 Å². The number of carbonyl (C=O) groups is 1. The van der Waals surface area contributed by atoms with Crippen molar-refractivity contribution in [2.45, 2.75) is 32.6 Å². The Hall–Kier alpha value is -1.91. The van der Waals surface area contributed by atoms with Gasteiger partial charge in [0.05, 0.1) is 10.6 Å². The summed E-state index contributed by atoms with van der Waals surface area (Å²) < 4.78 is 0. The zero-order valence-electron chi connectivity index (χ0n) is 13.4. The number of aryl methyl sites for hydroxylation is 1. The monoisotopic (exact) mass is 356 g/mol. The van der Waals surface area contributed by atoms with E-state index in [1.165, 1.54) is 16.9 Å². The Balaban J connectivity index is 2.11. The van der Waals surface area contributed by atoms with Gasteiger partial charge < -0.3 is 5.73 Å². The fourth-order valence-corrected chi connectivity index (χ4v) is 4.65. The number of aromatic nitrogens is 1. The molecule has 122 valence electrons. The lowest BCUT2D eigenvalue weighted by Crippen LogP contribution is -2.08. The highest BCUT2D eigenvalue weighted by molar-refractivity contribution is 7.21. The third-order valence-corrected chi connectivity index (χ3v) is 6.06. The lowest BCUT2D eigenvalue weighted by molar-refractivity contribution is 0.102. The summed E-state index contributed by atoms with van der Waals surface area (Å²) in [5.41, 5.74) is 11.6. The van der Waals surface area contributed by atoms with Gasteiger partial charge in [-0.25, -0.2) is 4.98 Å². The first-order valence-electron chi connectivity index (χ1n) is 8.07. The number of nitrogens with two attached hydrogens (primary N) is 1. The van der Waals surface area contributed by atoms with Gasteiger partial charge in [0.15, 0.2) is 5.78 Å². The minimum atomic E-state index is -0.00414. The highest BCUT2D eigenvalue weighted by atomic mass is 35.5. The molecule has 2 aromatic heterocycles. The molecule has 2 N–H and O–H groups in total. The summed E-state index contributed by atoms with van der Waals surface area (Å²) in [4.78, 5) is 18.2. The number of pyridine rings is 1. The van der Waals surface area contributed by atoms with Gasteiger partial charge >= 0.3 is 0 Å². The van der Waals surface area contributed by atoms with Crippen LogP contribution < -0.4 is 5.73 Å². The SMILES string of the molecule is CC(=O)c1sc2nc3c(c(-c4ccc(Cl)cc4)c2c1N)CCCC3. The molecule has 5 heteroatoms. The molecule has 0 spiro atoms. The van der Waals surface area contributed by atoms with E-state index in [0.717, 1.165) is 52.7 Å². The maximum absolute atomic E-state index is 11.9.